The number of hydrogen-bond acceptors (Lipinski definition) is 6. The number of hydrogen-bond donors (Lipinski definition) is 1. The molecule has 22 heavy (non-hydrogen) atoms. The molecule has 6 nitrogen and oxygen atoms in total. The van der Waals surface area contributed by atoms with E-state index in [0.717, 1.165) is 25.9 Å². The second-order valence-corrected chi connectivity index (χ2v) is 5.89. The maximum Gasteiger partial charge on any atom is 0.157 e. The first-order valence-electron chi connectivity index (χ1n) is 7.97. The smallest absolute Gasteiger partial charge is 0.157 e. The van der Waals surface area contributed by atoms with E-state index in [1.807, 2.05) is 13.0 Å². The normalized spacial score (nSPS) is 32.2. The Morgan fingerprint density at radius 1 is 1.36 bits per heavy atom. The summed E-state index contributed by atoms with van der Waals surface area (Å²) in [5.41, 5.74) is 0. The second-order valence-electron chi connectivity index (χ2n) is 5.89. The molecule has 0 aromatic rings. The summed E-state index contributed by atoms with van der Waals surface area (Å²) in [7, 11) is 1.58. The van der Waals surface area contributed by atoms with Crippen molar-refractivity contribution in [1.29, 1.82) is 0 Å². The highest BCUT2D eigenvalue weighted by Gasteiger charge is 2.51. The average Bonchev–Trinajstić information content (AvgIpc) is 3.34. The minimum atomic E-state index is -0.679. The molecule has 1 N–H and O–H groups in total. The van der Waals surface area contributed by atoms with Crippen LogP contribution in [0.15, 0.2) is 12.7 Å². The predicted molar refractivity (Wildman–Crippen MR) is 80.3 cm³/mol. The van der Waals surface area contributed by atoms with Crippen molar-refractivity contribution in [3.05, 3.63) is 12.7 Å². The van der Waals surface area contributed by atoms with Gasteiger partial charge in [0.25, 0.3) is 0 Å². The molecule has 2 aliphatic heterocycles. The van der Waals surface area contributed by atoms with Crippen LogP contribution in [-0.4, -0.2) is 62.9 Å². The molecule has 2 aliphatic rings. The molecule has 0 aliphatic carbocycles. The van der Waals surface area contributed by atoms with Gasteiger partial charge in [-0.25, -0.2) is 0 Å². The summed E-state index contributed by atoms with van der Waals surface area (Å²) in [4.78, 5) is 0. The lowest BCUT2D eigenvalue weighted by atomic mass is 9.99. The Bertz CT molecular complexity index is 331. The van der Waals surface area contributed by atoms with Crippen LogP contribution < -0.4 is 0 Å². The van der Waals surface area contributed by atoms with Gasteiger partial charge in [0.05, 0.1) is 12.7 Å². The van der Waals surface area contributed by atoms with Crippen LogP contribution in [0.25, 0.3) is 0 Å². The van der Waals surface area contributed by atoms with E-state index in [1.165, 1.54) is 0 Å². The van der Waals surface area contributed by atoms with Gasteiger partial charge in [-0.1, -0.05) is 13.0 Å². The zero-order valence-electron chi connectivity index (χ0n) is 13.5. The Labute approximate surface area is 132 Å². The average molecular weight is 316 g/mol. The number of rotatable bonds is 10. The lowest BCUT2D eigenvalue weighted by Crippen LogP contribution is -2.34. The van der Waals surface area contributed by atoms with E-state index in [1.54, 1.807) is 7.11 Å². The third kappa shape index (κ3) is 5.01. The molecule has 6 heteroatoms. The molecule has 6 atom stereocenters. The molecule has 0 spiro atoms. The van der Waals surface area contributed by atoms with Gasteiger partial charge >= 0.3 is 0 Å². The maximum absolute atomic E-state index is 10.2. The van der Waals surface area contributed by atoms with E-state index < -0.39 is 6.10 Å². The summed E-state index contributed by atoms with van der Waals surface area (Å²) >= 11 is 0. The van der Waals surface area contributed by atoms with Crippen molar-refractivity contribution >= 4 is 0 Å². The van der Waals surface area contributed by atoms with Gasteiger partial charge in [-0.15, -0.1) is 6.58 Å². The van der Waals surface area contributed by atoms with Crippen molar-refractivity contribution in [3.63, 3.8) is 0 Å². The molecule has 0 aromatic heterocycles. The van der Waals surface area contributed by atoms with E-state index in [-0.39, 0.29) is 43.9 Å². The highest BCUT2D eigenvalue weighted by Crippen LogP contribution is 2.34. The van der Waals surface area contributed by atoms with Crippen LogP contribution >= 0.6 is 0 Å². The molecule has 0 bridgehead atoms. The highest BCUT2D eigenvalue weighted by molar-refractivity contribution is 5.00. The van der Waals surface area contributed by atoms with E-state index in [2.05, 4.69) is 6.58 Å². The molecule has 0 radical (unpaired) electrons. The maximum atomic E-state index is 10.2. The van der Waals surface area contributed by atoms with Crippen molar-refractivity contribution in [2.24, 2.45) is 5.92 Å². The van der Waals surface area contributed by atoms with Gasteiger partial charge in [-0.2, -0.15) is 0 Å². The Morgan fingerprint density at radius 3 is 2.82 bits per heavy atom. The number of epoxide rings is 1. The van der Waals surface area contributed by atoms with Gasteiger partial charge in [0.1, 0.15) is 25.1 Å². The van der Waals surface area contributed by atoms with Crippen molar-refractivity contribution in [2.75, 3.05) is 27.1 Å². The molecular weight excluding hydrogens is 288 g/mol. The first-order chi connectivity index (χ1) is 10.7. The number of methoxy groups -OCH3 is 1. The lowest BCUT2D eigenvalue weighted by Gasteiger charge is -2.24. The molecule has 2 fully saturated rings. The lowest BCUT2D eigenvalue weighted by molar-refractivity contribution is -0.176. The zero-order chi connectivity index (χ0) is 15.9. The van der Waals surface area contributed by atoms with Crippen LogP contribution in [0, 0.1) is 5.92 Å². The monoisotopic (exact) mass is 316 g/mol. The van der Waals surface area contributed by atoms with Gasteiger partial charge in [0.2, 0.25) is 0 Å². The Kier molecular flexibility index (Phi) is 7.27. The first kappa shape index (κ1) is 17.8. The van der Waals surface area contributed by atoms with Gasteiger partial charge in [0, 0.05) is 19.6 Å². The zero-order valence-corrected chi connectivity index (χ0v) is 13.5. The fourth-order valence-corrected chi connectivity index (χ4v) is 2.68. The molecule has 2 rings (SSSR count). The van der Waals surface area contributed by atoms with Crippen LogP contribution in [0.5, 0.6) is 0 Å². The summed E-state index contributed by atoms with van der Waals surface area (Å²) in [6, 6.07) is 0. The van der Waals surface area contributed by atoms with Gasteiger partial charge in [0.15, 0.2) is 6.29 Å². The summed E-state index contributed by atoms with van der Waals surface area (Å²) in [6.07, 6.45) is 3.40. The largest absolute Gasteiger partial charge is 0.388 e. The molecule has 0 saturated carbocycles. The van der Waals surface area contributed by atoms with Gasteiger partial charge in [-0.05, 0) is 19.3 Å². The van der Waals surface area contributed by atoms with E-state index in [9.17, 15) is 5.11 Å². The van der Waals surface area contributed by atoms with Crippen LogP contribution in [0.3, 0.4) is 0 Å². The molecule has 0 unspecified atom stereocenters. The fourth-order valence-electron chi connectivity index (χ4n) is 2.68. The fraction of sp³-hybridized carbons (Fsp3) is 0.875. The third-order valence-corrected chi connectivity index (χ3v) is 4.12. The van der Waals surface area contributed by atoms with Crippen molar-refractivity contribution in [3.8, 4) is 0 Å². The minimum Gasteiger partial charge on any atom is -0.388 e. The first-order valence-corrected chi connectivity index (χ1v) is 7.97. The van der Waals surface area contributed by atoms with Gasteiger partial charge in [-0.3, -0.25) is 0 Å². The van der Waals surface area contributed by atoms with E-state index in [0.29, 0.717) is 0 Å². The van der Waals surface area contributed by atoms with Crippen LogP contribution in [0.4, 0.5) is 0 Å². The number of ether oxygens (including phenoxy) is 5. The summed E-state index contributed by atoms with van der Waals surface area (Å²) in [6.45, 7) is 6.93. The Hall–Kier alpha value is -0.500. The van der Waals surface area contributed by atoms with Crippen LogP contribution in [0.2, 0.25) is 0 Å². The van der Waals surface area contributed by atoms with Crippen molar-refractivity contribution in [1.82, 2.24) is 0 Å². The van der Waals surface area contributed by atoms with E-state index in [4.69, 9.17) is 23.7 Å². The molecule has 2 heterocycles. The SMILES string of the molecule is C=C[C@@H](C)[C@H](OCOC)[C@@H]1O[C@@H]1[C@H](O)CO[C@@H]1CCCCO1. The minimum absolute atomic E-state index is 0.111. The Balaban J connectivity index is 1.74. The number of aliphatic hydroxyl groups is 1. The topological polar surface area (TPSA) is 69.7 Å². The summed E-state index contributed by atoms with van der Waals surface area (Å²) in [5.74, 6) is 0.111. The van der Waals surface area contributed by atoms with Gasteiger partial charge < -0.3 is 28.8 Å². The molecule has 128 valence electrons. The summed E-state index contributed by atoms with van der Waals surface area (Å²) < 4.78 is 27.3. The summed E-state index contributed by atoms with van der Waals surface area (Å²) in [5, 5.41) is 10.2. The predicted octanol–water partition coefficient (Wildman–Crippen LogP) is 1.47. The molecule has 0 amide bonds. The third-order valence-electron chi connectivity index (χ3n) is 4.12. The van der Waals surface area contributed by atoms with E-state index >= 15 is 0 Å². The molecule has 0 aromatic carbocycles. The van der Waals surface area contributed by atoms with Crippen molar-refractivity contribution < 1.29 is 28.8 Å². The van der Waals surface area contributed by atoms with Crippen LogP contribution in [0.1, 0.15) is 26.2 Å². The second kappa shape index (κ2) is 8.96. The quantitative estimate of drug-likeness (QED) is 0.374. The Morgan fingerprint density at radius 2 is 2.18 bits per heavy atom. The standard InChI is InChI=1S/C16H28O6/c1-4-11(2)14(21-10-18-3)16-15(22-16)12(17)9-20-13-7-5-6-8-19-13/h4,11-17H,1,5-10H2,2-3H3/t11-,12-,13-,14+,15-,16+/m1/s1. The molecular formula is C16H28O6. The highest BCUT2D eigenvalue weighted by atomic mass is 16.7. The van der Waals surface area contributed by atoms with Crippen molar-refractivity contribution in [2.45, 2.75) is 56.9 Å². The number of aliphatic hydroxyl groups excluding tert-OH is 1. The van der Waals surface area contributed by atoms with Crippen LogP contribution in [-0.2, 0) is 23.7 Å². The molecule has 2 saturated heterocycles.